The van der Waals surface area contributed by atoms with E-state index in [1.54, 1.807) is 17.3 Å². The summed E-state index contributed by atoms with van der Waals surface area (Å²) >= 11 is 0. The molecule has 1 fully saturated rings. The molecule has 40 heavy (non-hydrogen) atoms. The van der Waals surface area contributed by atoms with Crippen LogP contribution in [0.5, 0.6) is 5.75 Å². The lowest BCUT2D eigenvalue weighted by Gasteiger charge is -2.31. The molecule has 2 aliphatic rings. The molecular formula is C29H27FN8O2. The first-order valence-corrected chi connectivity index (χ1v) is 13.4. The summed E-state index contributed by atoms with van der Waals surface area (Å²) in [4.78, 5) is 34.0. The average molecular weight is 539 g/mol. The molecule has 202 valence electrons. The molecule has 0 aliphatic carbocycles. The highest BCUT2D eigenvalue weighted by molar-refractivity contribution is 5.94. The lowest BCUT2D eigenvalue weighted by Crippen LogP contribution is -2.38. The molecule has 0 atom stereocenters. The van der Waals surface area contributed by atoms with Gasteiger partial charge in [0.15, 0.2) is 17.4 Å². The molecular weight excluding hydrogens is 511 g/mol. The summed E-state index contributed by atoms with van der Waals surface area (Å²) in [6, 6.07) is 8.63. The molecule has 11 heteroatoms. The molecule has 2 aromatic carbocycles. The summed E-state index contributed by atoms with van der Waals surface area (Å²) in [7, 11) is 0. The normalized spacial score (nSPS) is 14.8. The number of carbonyl (C=O) groups excluding carboxylic acids is 1. The minimum Gasteiger partial charge on any atom is -0.505 e. The molecule has 3 aromatic heterocycles. The molecule has 10 nitrogen and oxygen atoms in total. The molecule has 0 unspecified atom stereocenters. The first-order chi connectivity index (χ1) is 19.5. The van der Waals surface area contributed by atoms with E-state index < -0.39 is 5.82 Å². The van der Waals surface area contributed by atoms with E-state index in [4.69, 9.17) is 4.98 Å². The number of hydrogen-bond acceptors (Lipinski definition) is 7. The van der Waals surface area contributed by atoms with E-state index in [0.717, 1.165) is 64.3 Å². The number of fused-ring (bicyclic) bond motifs is 2. The summed E-state index contributed by atoms with van der Waals surface area (Å²) < 4.78 is 14.2. The predicted molar refractivity (Wildman–Crippen MR) is 147 cm³/mol. The van der Waals surface area contributed by atoms with Crippen LogP contribution in [0, 0.1) is 5.82 Å². The third-order valence-corrected chi connectivity index (χ3v) is 7.81. The maximum Gasteiger partial charge on any atom is 0.274 e. The number of nitrogens with zero attached hydrogens (tertiary/aromatic N) is 6. The Morgan fingerprint density at radius 1 is 1.12 bits per heavy atom. The molecule has 0 radical (unpaired) electrons. The highest BCUT2D eigenvalue weighted by Crippen LogP contribution is 2.34. The average Bonchev–Trinajstić information content (AvgIpc) is 3.56. The van der Waals surface area contributed by atoms with Crippen molar-refractivity contribution >= 4 is 22.6 Å². The van der Waals surface area contributed by atoms with Gasteiger partial charge in [0.25, 0.3) is 5.91 Å². The third kappa shape index (κ3) is 4.05. The lowest BCUT2D eigenvalue weighted by atomic mass is 9.96. The lowest BCUT2D eigenvalue weighted by molar-refractivity contribution is 0.0725. The Morgan fingerprint density at radius 3 is 2.75 bits per heavy atom. The smallest absolute Gasteiger partial charge is 0.274 e. The van der Waals surface area contributed by atoms with Gasteiger partial charge in [-0.15, -0.1) is 0 Å². The highest BCUT2D eigenvalue weighted by atomic mass is 19.1. The number of imidazole rings is 1. The van der Waals surface area contributed by atoms with Crippen LogP contribution in [0.15, 0.2) is 42.7 Å². The summed E-state index contributed by atoms with van der Waals surface area (Å²) in [5, 5.41) is 18.3. The van der Waals surface area contributed by atoms with Crippen molar-refractivity contribution in [2.45, 2.75) is 32.7 Å². The number of carbonyl (C=O) groups is 1. The monoisotopic (exact) mass is 538 g/mol. The second-order valence-electron chi connectivity index (χ2n) is 10.2. The number of aromatic hydroxyl groups is 1. The van der Waals surface area contributed by atoms with Gasteiger partial charge in [0.05, 0.1) is 30.1 Å². The van der Waals surface area contributed by atoms with Crippen molar-refractivity contribution in [2.24, 2.45) is 0 Å². The van der Waals surface area contributed by atoms with Gasteiger partial charge in [-0.2, -0.15) is 5.10 Å². The zero-order valence-electron chi connectivity index (χ0n) is 21.9. The third-order valence-electron chi connectivity index (χ3n) is 7.81. The number of aryl methyl sites for hydroxylation is 1. The number of rotatable bonds is 5. The van der Waals surface area contributed by atoms with Crippen LogP contribution >= 0.6 is 0 Å². The summed E-state index contributed by atoms with van der Waals surface area (Å²) in [6.45, 7) is 4.84. The van der Waals surface area contributed by atoms with Crippen molar-refractivity contribution in [1.29, 1.82) is 0 Å². The van der Waals surface area contributed by atoms with Crippen LogP contribution in [-0.2, 0) is 19.4 Å². The van der Waals surface area contributed by atoms with Crippen molar-refractivity contribution in [2.75, 3.05) is 24.5 Å². The van der Waals surface area contributed by atoms with E-state index in [2.05, 4.69) is 30.0 Å². The maximum atomic E-state index is 14.2. The Bertz CT molecular complexity index is 1760. The fourth-order valence-electron chi connectivity index (χ4n) is 5.41. The first-order valence-electron chi connectivity index (χ1n) is 13.4. The van der Waals surface area contributed by atoms with Crippen molar-refractivity contribution in [3.8, 4) is 28.4 Å². The Kier molecular flexibility index (Phi) is 5.72. The van der Waals surface area contributed by atoms with E-state index in [0.29, 0.717) is 43.1 Å². The summed E-state index contributed by atoms with van der Waals surface area (Å²) in [6.07, 6.45) is 5.68. The van der Waals surface area contributed by atoms with Crippen LogP contribution in [0.3, 0.4) is 0 Å². The molecule has 3 N–H and O–H groups in total. The molecule has 7 rings (SSSR count). The van der Waals surface area contributed by atoms with E-state index in [1.807, 2.05) is 25.1 Å². The van der Waals surface area contributed by atoms with Crippen LogP contribution in [0.4, 0.5) is 10.2 Å². The molecule has 0 saturated carbocycles. The quantitative estimate of drug-likeness (QED) is 0.306. The van der Waals surface area contributed by atoms with Crippen LogP contribution < -0.4 is 4.90 Å². The van der Waals surface area contributed by atoms with Gasteiger partial charge in [-0.3, -0.25) is 9.89 Å². The molecule has 0 spiro atoms. The summed E-state index contributed by atoms with van der Waals surface area (Å²) in [5.74, 6) is 0.275. The van der Waals surface area contributed by atoms with Gasteiger partial charge in [0, 0.05) is 37.1 Å². The second kappa shape index (κ2) is 9.44. The number of nitrogens with one attached hydrogen (secondary N) is 2. The Labute approximate surface area is 228 Å². The van der Waals surface area contributed by atoms with Crippen LogP contribution in [0.25, 0.3) is 33.5 Å². The number of aromatic amines is 2. The van der Waals surface area contributed by atoms with Gasteiger partial charge >= 0.3 is 0 Å². The zero-order chi connectivity index (χ0) is 27.4. The Morgan fingerprint density at radius 2 is 2.00 bits per heavy atom. The SMILES string of the molecule is CCc1cc(O)c(F)cc1-c1ccc2c(-c3nc4c([nH]3)CCN(C(=O)c3cnc(N5CCC5)cn3)C4)n[nH]c2c1. The number of hydrogen-bond donors (Lipinski definition) is 3. The number of phenolic OH excluding ortho intramolecular Hbond substituents is 1. The largest absolute Gasteiger partial charge is 0.505 e. The van der Waals surface area contributed by atoms with Gasteiger partial charge < -0.3 is 19.9 Å². The van der Waals surface area contributed by atoms with Crippen LogP contribution in [0.1, 0.15) is 40.8 Å². The molecule has 1 amide bonds. The van der Waals surface area contributed by atoms with Crippen LogP contribution in [-0.4, -0.2) is 65.7 Å². The topological polar surface area (TPSA) is 127 Å². The van der Waals surface area contributed by atoms with Gasteiger partial charge in [0.2, 0.25) is 0 Å². The van der Waals surface area contributed by atoms with Gasteiger partial charge in [-0.25, -0.2) is 19.3 Å². The number of phenols is 1. The van der Waals surface area contributed by atoms with E-state index in [1.165, 1.54) is 12.1 Å². The molecule has 0 bridgehead atoms. The van der Waals surface area contributed by atoms with E-state index in [-0.39, 0.29) is 11.7 Å². The van der Waals surface area contributed by atoms with Crippen LogP contribution in [0.2, 0.25) is 0 Å². The number of benzene rings is 2. The number of halogens is 1. The molecule has 5 heterocycles. The minimum atomic E-state index is -0.651. The fourth-order valence-corrected chi connectivity index (χ4v) is 5.41. The first kappa shape index (κ1) is 24.3. The molecule has 2 aliphatic heterocycles. The molecule has 5 aromatic rings. The van der Waals surface area contributed by atoms with Gasteiger partial charge in [-0.05, 0) is 53.8 Å². The van der Waals surface area contributed by atoms with Gasteiger partial charge in [-0.1, -0.05) is 13.0 Å². The maximum absolute atomic E-state index is 14.2. The van der Waals surface area contributed by atoms with E-state index in [9.17, 15) is 14.3 Å². The highest BCUT2D eigenvalue weighted by Gasteiger charge is 2.27. The number of amides is 1. The predicted octanol–water partition coefficient (Wildman–Crippen LogP) is 4.23. The van der Waals surface area contributed by atoms with Crippen molar-refractivity contribution < 1.29 is 14.3 Å². The van der Waals surface area contributed by atoms with Gasteiger partial charge in [0.1, 0.15) is 17.2 Å². The Balaban J connectivity index is 1.13. The fraction of sp³-hybridized carbons (Fsp3) is 0.276. The zero-order valence-corrected chi connectivity index (χ0v) is 21.9. The summed E-state index contributed by atoms with van der Waals surface area (Å²) in [5.41, 5.74) is 5.99. The second-order valence-corrected chi connectivity index (χ2v) is 10.2. The standard InChI is InChI=1S/C29H27FN8O2/c1-2-16-11-25(39)20(30)12-19(16)17-4-5-18-22(10-17)35-36-27(18)28-33-21-6-9-38(15-24(21)34-28)29(40)23-13-32-26(14-31-23)37-7-3-8-37/h4-5,10-14,39H,2-3,6-9,15H2,1H3,(H,33,34)(H,35,36). The Hall–Kier alpha value is -4.80. The van der Waals surface area contributed by atoms with E-state index >= 15 is 0 Å². The number of H-pyrrole nitrogens is 2. The number of aromatic nitrogens is 6. The minimum absolute atomic E-state index is 0.160. The molecule has 1 saturated heterocycles. The van der Waals surface area contributed by atoms with Crippen molar-refractivity contribution in [3.05, 3.63) is 71.2 Å². The number of anilines is 1. The van der Waals surface area contributed by atoms with Crippen molar-refractivity contribution in [3.63, 3.8) is 0 Å². The van der Waals surface area contributed by atoms with Crippen molar-refractivity contribution in [1.82, 2.24) is 35.0 Å².